The summed E-state index contributed by atoms with van der Waals surface area (Å²) in [4.78, 5) is 14.0. The predicted octanol–water partition coefficient (Wildman–Crippen LogP) is 0.719. The summed E-state index contributed by atoms with van der Waals surface area (Å²) in [6.07, 6.45) is 1.69. The van der Waals surface area contributed by atoms with Crippen molar-refractivity contribution in [1.29, 1.82) is 0 Å². The lowest BCUT2D eigenvalue weighted by Gasteiger charge is -2.40. The molecule has 2 aliphatic rings. The lowest BCUT2D eigenvalue weighted by atomic mass is 10.1. The Morgan fingerprint density at radius 3 is 2.76 bits per heavy atom. The maximum Gasteiger partial charge on any atom is 0.410 e. The van der Waals surface area contributed by atoms with Crippen LogP contribution in [-0.2, 0) is 4.74 Å². The largest absolute Gasteiger partial charge is 0.444 e. The van der Waals surface area contributed by atoms with Crippen molar-refractivity contribution in [3.8, 4) is 0 Å². The van der Waals surface area contributed by atoms with Crippen LogP contribution in [0.15, 0.2) is 0 Å². The van der Waals surface area contributed by atoms with Gasteiger partial charge in [0, 0.05) is 12.6 Å². The average molecular weight is 242 g/mol. The molecule has 0 radical (unpaired) electrons. The number of carbonyl (C=O) groups is 1. The van der Waals surface area contributed by atoms with Gasteiger partial charge in [0.1, 0.15) is 5.60 Å². The molecular weight excluding hydrogens is 220 g/mol. The number of hydrogen-bond acceptors (Lipinski definition) is 4. The van der Waals surface area contributed by atoms with Gasteiger partial charge in [-0.1, -0.05) is 0 Å². The second-order valence-electron chi connectivity index (χ2n) is 5.88. The SMILES string of the molecule is CC(C)(C)OC(=O)N1[C@@H]2CC[C@@H]1[C@@H](CO)NC2. The Kier molecular flexibility index (Phi) is 3.32. The lowest BCUT2D eigenvalue weighted by Crippen LogP contribution is -2.61. The Morgan fingerprint density at radius 2 is 2.18 bits per heavy atom. The molecule has 2 aliphatic heterocycles. The molecule has 2 N–H and O–H groups in total. The normalized spacial score (nSPS) is 32.7. The number of aliphatic hydroxyl groups is 1. The highest BCUT2D eigenvalue weighted by Crippen LogP contribution is 2.31. The van der Waals surface area contributed by atoms with E-state index in [4.69, 9.17) is 4.74 Å². The molecule has 0 unspecified atom stereocenters. The summed E-state index contributed by atoms with van der Waals surface area (Å²) >= 11 is 0. The highest BCUT2D eigenvalue weighted by atomic mass is 16.6. The van der Waals surface area contributed by atoms with E-state index in [0.29, 0.717) is 0 Å². The minimum Gasteiger partial charge on any atom is -0.444 e. The lowest BCUT2D eigenvalue weighted by molar-refractivity contribution is 0.000412. The Bertz CT molecular complexity index is 301. The van der Waals surface area contributed by atoms with Crippen LogP contribution < -0.4 is 5.32 Å². The molecule has 2 bridgehead atoms. The fourth-order valence-corrected chi connectivity index (χ4v) is 2.72. The van der Waals surface area contributed by atoms with Gasteiger partial charge in [0.2, 0.25) is 0 Å². The summed E-state index contributed by atoms with van der Waals surface area (Å²) in [5.41, 5.74) is -0.462. The van der Waals surface area contributed by atoms with Crippen LogP contribution >= 0.6 is 0 Å². The number of piperazine rings is 1. The number of nitrogens with one attached hydrogen (secondary N) is 1. The molecule has 0 aliphatic carbocycles. The zero-order valence-corrected chi connectivity index (χ0v) is 10.8. The van der Waals surface area contributed by atoms with Crippen molar-refractivity contribution in [3.63, 3.8) is 0 Å². The molecule has 98 valence electrons. The second-order valence-corrected chi connectivity index (χ2v) is 5.88. The fourth-order valence-electron chi connectivity index (χ4n) is 2.72. The number of rotatable bonds is 1. The predicted molar refractivity (Wildman–Crippen MR) is 63.8 cm³/mol. The Balaban J connectivity index is 2.07. The van der Waals surface area contributed by atoms with Crippen molar-refractivity contribution < 1.29 is 14.6 Å². The number of carbonyl (C=O) groups excluding carboxylic acids is 1. The summed E-state index contributed by atoms with van der Waals surface area (Å²) in [5, 5.41) is 12.6. The van der Waals surface area contributed by atoms with E-state index in [2.05, 4.69) is 5.32 Å². The van der Waals surface area contributed by atoms with Crippen molar-refractivity contribution in [2.75, 3.05) is 13.2 Å². The maximum atomic E-state index is 12.1. The molecule has 0 aromatic heterocycles. The maximum absolute atomic E-state index is 12.1. The van der Waals surface area contributed by atoms with Gasteiger partial charge in [-0.3, -0.25) is 4.90 Å². The molecule has 1 amide bonds. The highest BCUT2D eigenvalue weighted by molar-refractivity contribution is 5.70. The molecular formula is C12H22N2O3. The van der Waals surface area contributed by atoms with Crippen LogP contribution in [0.5, 0.6) is 0 Å². The van der Waals surface area contributed by atoms with E-state index in [1.165, 1.54) is 0 Å². The topological polar surface area (TPSA) is 61.8 Å². The molecule has 2 saturated heterocycles. The summed E-state index contributed by atoms with van der Waals surface area (Å²) < 4.78 is 5.43. The first-order chi connectivity index (χ1) is 7.92. The Hall–Kier alpha value is -0.810. The minimum atomic E-state index is -0.462. The number of nitrogens with zero attached hydrogens (tertiary/aromatic N) is 1. The summed E-state index contributed by atoms with van der Waals surface area (Å²) in [5.74, 6) is 0. The third kappa shape index (κ3) is 2.55. The van der Waals surface area contributed by atoms with Crippen LogP contribution in [0, 0.1) is 0 Å². The van der Waals surface area contributed by atoms with Gasteiger partial charge in [-0.05, 0) is 33.6 Å². The van der Waals surface area contributed by atoms with Gasteiger partial charge < -0.3 is 15.2 Å². The minimum absolute atomic E-state index is 0.0127. The van der Waals surface area contributed by atoms with Crippen LogP contribution in [0.25, 0.3) is 0 Å². The van der Waals surface area contributed by atoms with Crippen molar-refractivity contribution in [1.82, 2.24) is 10.2 Å². The van der Waals surface area contributed by atoms with Gasteiger partial charge in [0.25, 0.3) is 0 Å². The third-order valence-electron chi connectivity index (χ3n) is 3.43. The molecule has 2 heterocycles. The van der Waals surface area contributed by atoms with Crippen molar-refractivity contribution in [2.45, 2.75) is 57.3 Å². The molecule has 17 heavy (non-hydrogen) atoms. The van der Waals surface area contributed by atoms with E-state index < -0.39 is 5.60 Å². The van der Waals surface area contributed by atoms with E-state index in [0.717, 1.165) is 19.4 Å². The van der Waals surface area contributed by atoms with Crippen molar-refractivity contribution in [3.05, 3.63) is 0 Å². The van der Waals surface area contributed by atoms with Crippen LogP contribution in [0.4, 0.5) is 4.79 Å². The van der Waals surface area contributed by atoms with E-state index >= 15 is 0 Å². The van der Waals surface area contributed by atoms with Crippen LogP contribution in [0.3, 0.4) is 0 Å². The van der Waals surface area contributed by atoms with E-state index in [9.17, 15) is 9.90 Å². The summed E-state index contributed by atoms with van der Waals surface area (Å²) in [6.45, 7) is 6.44. The zero-order valence-electron chi connectivity index (χ0n) is 10.8. The standard InChI is InChI=1S/C12H22N2O3/c1-12(2,3)17-11(16)14-8-4-5-10(14)9(7-15)13-6-8/h8-10,13,15H,4-7H2,1-3H3/t8-,9-,10-/m1/s1. The summed E-state index contributed by atoms with van der Waals surface area (Å²) in [7, 11) is 0. The van der Waals surface area contributed by atoms with Crippen molar-refractivity contribution in [2.24, 2.45) is 0 Å². The molecule has 5 nitrogen and oxygen atoms in total. The van der Waals surface area contributed by atoms with Gasteiger partial charge in [-0.15, -0.1) is 0 Å². The molecule has 0 aromatic carbocycles. The smallest absolute Gasteiger partial charge is 0.410 e. The number of fused-ring (bicyclic) bond motifs is 2. The first-order valence-corrected chi connectivity index (χ1v) is 6.28. The molecule has 3 atom stereocenters. The first-order valence-electron chi connectivity index (χ1n) is 6.28. The third-order valence-corrected chi connectivity index (χ3v) is 3.43. The van der Waals surface area contributed by atoms with Gasteiger partial charge in [0.15, 0.2) is 0 Å². The van der Waals surface area contributed by atoms with E-state index in [-0.39, 0.29) is 30.8 Å². The Morgan fingerprint density at radius 1 is 1.47 bits per heavy atom. The van der Waals surface area contributed by atoms with E-state index in [1.54, 1.807) is 0 Å². The molecule has 0 saturated carbocycles. The van der Waals surface area contributed by atoms with Crippen LogP contribution in [0.2, 0.25) is 0 Å². The van der Waals surface area contributed by atoms with Crippen LogP contribution in [0.1, 0.15) is 33.6 Å². The van der Waals surface area contributed by atoms with E-state index in [1.807, 2.05) is 25.7 Å². The van der Waals surface area contributed by atoms with Gasteiger partial charge in [0.05, 0.1) is 18.7 Å². The molecule has 0 aromatic rings. The van der Waals surface area contributed by atoms with Gasteiger partial charge in [-0.2, -0.15) is 0 Å². The number of aliphatic hydroxyl groups excluding tert-OH is 1. The fraction of sp³-hybridized carbons (Fsp3) is 0.917. The average Bonchev–Trinajstić information content (AvgIpc) is 2.52. The summed E-state index contributed by atoms with van der Waals surface area (Å²) in [6, 6.07) is 0.285. The molecule has 2 rings (SSSR count). The molecule has 5 heteroatoms. The number of ether oxygens (including phenoxy) is 1. The first kappa shape index (κ1) is 12.6. The number of hydrogen-bond donors (Lipinski definition) is 2. The quantitative estimate of drug-likeness (QED) is 0.711. The Labute approximate surface area is 102 Å². The molecule has 2 fully saturated rings. The molecule has 0 spiro atoms. The van der Waals surface area contributed by atoms with Gasteiger partial charge >= 0.3 is 6.09 Å². The zero-order chi connectivity index (χ0) is 12.6. The van der Waals surface area contributed by atoms with Gasteiger partial charge in [-0.25, -0.2) is 4.79 Å². The van der Waals surface area contributed by atoms with Crippen LogP contribution in [-0.4, -0.2) is 53.0 Å². The number of amides is 1. The van der Waals surface area contributed by atoms with Crippen molar-refractivity contribution >= 4 is 6.09 Å². The second kappa shape index (κ2) is 4.46. The highest BCUT2D eigenvalue weighted by Gasteiger charge is 2.45. The monoisotopic (exact) mass is 242 g/mol.